The Morgan fingerprint density at radius 2 is 1.70 bits per heavy atom. The van der Waals surface area contributed by atoms with E-state index in [4.69, 9.17) is 9.47 Å². The summed E-state index contributed by atoms with van der Waals surface area (Å²) in [4.78, 5) is 58.6. The normalized spacial score (nSPS) is 13.8. The van der Waals surface area contributed by atoms with Crippen molar-refractivity contribution in [3.05, 3.63) is 77.0 Å². The number of aliphatic hydroxyl groups is 1. The number of ether oxygens (including phenoxy) is 2. The summed E-state index contributed by atoms with van der Waals surface area (Å²) in [6.45, 7) is 9.28. The van der Waals surface area contributed by atoms with E-state index in [9.17, 15) is 24.3 Å². The lowest BCUT2D eigenvalue weighted by atomic mass is 9.95. The summed E-state index contributed by atoms with van der Waals surface area (Å²) < 4.78 is 10.7. The molecule has 0 bridgehead atoms. The van der Waals surface area contributed by atoms with Gasteiger partial charge in [0, 0.05) is 30.4 Å². The van der Waals surface area contributed by atoms with Crippen LogP contribution in [0.3, 0.4) is 0 Å². The van der Waals surface area contributed by atoms with Crippen molar-refractivity contribution in [2.24, 2.45) is 0 Å². The molecule has 14 heteroatoms. The lowest BCUT2D eigenvalue weighted by Gasteiger charge is -2.20. The first kappa shape index (κ1) is 37.6. The van der Waals surface area contributed by atoms with Crippen LogP contribution in [0.5, 0.6) is 0 Å². The lowest BCUT2D eigenvalue weighted by molar-refractivity contribution is -0.122. The molecule has 0 spiro atoms. The molecule has 50 heavy (non-hydrogen) atoms. The number of amides is 3. The Morgan fingerprint density at radius 1 is 0.980 bits per heavy atom. The zero-order chi connectivity index (χ0) is 36.3. The molecular weight excluding hydrogens is 642 g/mol. The van der Waals surface area contributed by atoms with E-state index in [1.54, 1.807) is 32.0 Å². The molecule has 1 aliphatic rings. The average Bonchev–Trinajstić information content (AvgIpc) is 3.29. The highest BCUT2D eigenvalue weighted by Crippen LogP contribution is 2.37. The fourth-order valence-electron chi connectivity index (χ4n) is 5.27. The monoisotopic (exact) mass is 689 g/mol. The standard InChI is InChI=1S/C36H47N7O7/c1-35(2,3)50-34(48)37-19-13-8-6-7-12-16-29(45)42-43-31(46)26-21-38-33(41-30(26)40-28(22-44)23-14-10-9-11-15-23)39-24-17-18-25-27(20-24)36(4,5)49-32(25)47/h9-11,14-15,17-18,20-21,28,44H,6-8,12-13,16,19,22H2,1-5H3,(H,37,48)(H,42,45)(H,43,46)(H2,38,39,40,41)/t28-/m1/s1. The largest absolute Gasteiger partial charge is 0.451 e. The molecule has 268 valence electrons. The highest BCUT2D eigenvalue weighted by Gasteiger charge is 2.37. The molecule has 1 aromatic heterocycles. The second-order valence-corrected chi connectivity index (χ2v) is 13.5. The van der Waals surface area contributed by atoms with Gasteiger partial charge in [0.1, 0.15) is 22.6 Å². The van der Waals surface area contributed by atoms with Crippen molar-refractivity contribution in [2.45, 2.75) is 90.4 Å². The van der Waals surface area contributed by atoms with Gasteiger partial charge in [-0.15, -0.1) is 0 Å². The van der Waals surface area contributed by atoms with Gasteiger partial charge in [-0.25, -0.2) is 14.6 Å². The molecule has 0 saturated heterocycles. The number of carbonyl (C=O) groups is 4. The van der Waals surface area contributed by atoms with Crippen LogP contribution in [-0.2, 0) is 19.9 Å². The van der Waals surface area contributed by atoms with Gasteiger partial charge >= 0.3 is 12.1 Å². The number of hydrogen-bond acceptors (Lipinski definition) is 11. The third kappa shape index (κ3) is 10.9. The van der Waals surface area contributed by atoms with Gasteiger partial charge in [-0.1, -0.05) is 49.6 Å². The van der Waals surface area contributed by atoms with Crippen LogP contribution in [0.1, 0.15) is 111 Å². The van der Waals surface area contributed by atoms with Crippen LogP contribution >= 0.6 is 0 Å². The molecule has 0 aliphatic carbocycles. The molecule has 1 atom stereocenters. The van der Waals surface area contributed by atoms with E-state index < -0.39 is 29.2 Å². The maximum atomic E-state index is 13.3. The molecule has 3 aromatic rings. The predicted molar refractivity (Wildman–Crippen MR) is 188 cm³/mol. The number of carbonyl (C=O) groups excluding carboxylic acids is 4. The fraction of sp³-hybridized carbons (Fsp3) is 0.444. The van der Waals surface area contributed by atoms with E-state index in [0.717, 1.165) is 36.8 Å². The highest BCUT2D eigenvalue weighted by molar-refractivity contribution is 5.99. The number of benzene rings is 2. The number of nitrogens with one attached hydrogen (secondary N) is 5. The molecule has 3 amide bonds. The minimum absolute atomic E-state index is 0.0410. The van der Waals surface area contributed by atoms with Gasteiger partial charge in [0.15, 0.2) is 0 Å². The van der Waals surface area contributed by atoms with Crippen LogP contribution in [-0.4, -0.2) is 57.7 Å². The van der Waals surface area contributed by atoms with Crippen LogP contribution in [0, 0.1) is 0 Å². The summed E-state index contributed by atoms with van der Waals surface area (Å²) in [5.74, 6) is -1.11. The van der Waals surface area contributed by atoms with Gasteiger partial charge < -0.3 is 30.5 Å². The van der Waals surface area contributed by atoms with Crippen molar-refractivity contribution in [1.29, 1.82) is 0 Å². The molecule has 0 saturated carbocycles. The number of rotatable bonds is 15. The van der Waals surface area contributed by atoms with Crippen LogP contribution in [0.25, 0.3) is 0 Å². The zero-order valence-electron chi connectivity index (χ0n) is 29.2. The number of fused-ring (bicyclic) bond motifs is 1. The van der Waals surface area contributed by atoms with Crippen LogP contribution in [0.4, 0.5) is 22.2 Å². The summed E-state index contributed by atoms with van der Waals surface area (Å²) in [5.41, 5.74) is 6.17. The second-order valence-electron chi connectivity index (χ2n) is 13.5. The highest BCUT2D eigenvalue weighted by atomic mass is 16.6. The Labute approximate surface area is 292 Å². The van der Waals surface area contributed by atoms with Crippen molar-refractivity contribution in [3.8, 4) is 0 Å². The van der Waals surface area contributed by atoms with E-state index in [0.29, 0.717) is 24.2 Å². The molecule has 14 nitrogen and oxygen atoms in total. The Bertz CT molecular complexity index is 1660. The number of aliphatic hydroxyl groups excluding tert-OH is 1. The first-order valence-corrected chi connectivity index (χ1v) is 16.8. The number of cyclic esters (lactones) is 1. The first-order chi connectivity index (χ1) is 23.8. The molecule has 2 aromatic carbocycles. The van der Waals surface area contributed by atoms with Crippen molar-refractivity contribution in [2.75, 3.05) is 23.8 Å². The van der Waals surface area contributed by atoms with Crippen molar-refractivity contribution < 1.29 is 33.8 Å². The molecule has 4 rings (SSSR count). The minimum atomic E-state index is -0.795. The molecule has 0 unspecified atom stereocenters. The molecule has 1 aliphatic heterocycles. The lowest BCUT2D eigenvalue weighted by Crippen LogP contribution is -2.42. The van der Waals surface area contributed by atoms with E-state index >= 15 is 0 Å². The first-order valence-electron chi connectivity index (χ1n) is 16.8. The van der Waals surface area contributed by atoms with Gasteiger partial charge in [-0.2, -0.15) is 4.98 Å². The molecular formula is C36H47N7O7. The van der Waals surface area contributed by atoms with Gasteiger partial charge in [-0.05, 0) is 71.2 Å². The molecule has 0 fully saturated rings. The van der Waals surface area contributed by atoms with Gasteiger partial charge in [0.2, 0.25) is 11.9 Å². The van der Waals surface area contributed by atoms with Crippen molar-refractivity contribution in [3.63, 3.8) is 0 Å². The fourth-order valence-corrected chi connectivity index (χ4v) is 5.27. The smallest absolute Gasteiger partial charge is 0.407 e. The number of anilines is 3. The Morgan fingerprint density at radius 3 is 2.42 bits per heavy atom. The third-order valence-electron chi connectivity index (χ3n) is 7.79. The number of aromatic nitrogens is 2. The number of nitrogens with zero attached hydrogens (tertiary/aromatic N) is 2. The maximum Gasteiger partial charge on any atom is 0.407 e. The van der Waals surface area contributed by atoms with Crippen molar-refractivity contribution >= 4 is 41.3 Å². The Hall–Kier alpha value is -5.24. The van der Waals surface area contributed by atoms with E-state index in [1.165, 1.54) is 6.20 Å². The van der Waals surface area contributed by atoms with Crippen molar-refractivity contribution in [1.82, 2.24) is 26.1 Å². The Balaban J connectivity index is 1.34. The van der Waals surface area contributed by atoms with Gasteiger partial charge in [-0.3, -0.25) is 20.4 Å². The third-order valence-corrected chi connectivity index (χ3v) is 7.79. The number of alkyl carbamates (subject to hydrolysis) is 1. The summed E-state index contributed by atoms with van der Waals surface area (Å²) in [5, 5.41) is 19.2. The van der Waals surface area contributed by atoms with Crippen LogP contribution in [0.2, 0.25) is 0 Å². The quantitative estimate of drug-likeness (QED) is 0.0680. The topological polar surface area (TPSA) is 193 Å². The SMILES string of the molecule is CC(C)(C)OC(=O)NCCCCCCCC(=O)NNC(=O)c1cnc(Nc2ccc3c(c2)C(C)(C)OC3=O)nc1N[C@H](CO)c1ccccc1. The van der Waals surface area contributed by atoms with E-state index in [-0.39, 0.29) is 42.2 Å². The number of unbranched alkanes of at least 4 members (excludes halogenated alkanes) is 4. The average molecular weight is 690 g/mol. The van der Waals surface area contributed by atoms with E-state index in [2.05, 4.69) is 36.8 Å². The summed E-state index contributed by atoms with van der Waals surface area (Å²) in [6, 6.07) is 13.8. The number of esters is 1. The van der Waals surface area contributed by atoms with Crippen LogP contribution in [0.15, 0.2) is 54.7 Å². The molecule has 2 heterocycles. The number of hydrazine groups is 1. The van der Waals surface area contributed by atoms with Gasteiger partial charge in [0.05, 0.1) is 18.2 Å². The summed E-state index contributed by atoms with van der Waals surface area (Å²) in [7, 11) is 0. The summed E-state index contributed by atoms with van der Waals surface area (Å²) >= 11 is 0. The minimum Gasteiger partial charge on any atom is -0.451 e. The van der Waals surface area contributed by atoms with Crippen LogP contribution < -0.4 is 26.8 Å². The molecule has 0 radical (unpaired) electrons. The second kappa shape index (κ2) is 16.9. The van der Waals surface area contributed by atoms with Gasteiger partial charge in [0.25, 0.3) is 5.91 Å². The summed E-state index contributed by atoms with van der Waals surface area (Å²) in [6.07, 6.45) is 5.14. The maximum absolute atomic E-state index is 13.3. The zero-order valence-corrected chi connectivity index (χ0v) is 29.2. The Kier molecular flexibility index (Phi) is 12.7. The van der Waals surface area contributed by atoms with E-state index in [1.807, 2.05) is 51.1 Å². The number of hydrogen-bond donors (Lipinski definition) is 6. The molecule has 6 N–H and O–H groups in total. The predicted octanol–water partition coefficient (Wildman–Crippen LogP) is 5.40.